The van der Waals surface area contributed by atoms with E-state index in [1.807, 2.05) is 66.2 Å². The molecule has 3 rings (SSSR count). The number of halogens is 1. The van der Waals surface area contributed by atoms with Crippen molar-refractivity contribution in [3.05, 3.63) is 64.6 Å². The SMILES string of the molecule is CN=C(NCCCc1nn(-c2ccccc2)c(N)c1C#N)N(C)Cc1cc(Cl)cn1C. The molecule has 0 saturated heterocycles. The van der Waals surface area contributed by atoms with Gasteiger partial charge in [-0.15, -0.1) is 0 Å². The summed E-state index contributed by atoms with van der Waals surface area (Å²) < 4.78 is 3.63. The van der Waals surface area contributed by atoms with Crippen LogP contribution in [0.1, 0.15) is 23.4 Å². The number of nitrogen functional groups attached to an aromatic ring is 1. The maximum Gasteiger partial charge on any atom is 0.193 e. The number of anilines is 1. The topological polar surface area (TPSA) is 100 Å². The maximum atomic E-state index is 9.54. The number of aliphatic imine (C=N–C) groups is 1. The standard InChI is InChI=1S/C22H27ClN8/c1-26-22(30(3)15-18-12-16(23)14-29(18)2)27-11-7-10-20-19(13-24)21(25)31(28-20)17-8-5-4-6-9-17/h4-6,8-9,12,14H,7,10-11,15,25H2,1-3H3,(H,26,27). The van der Waals surface area contributed by atoms with Crippen LogP contribution in [0, 0.1) is 11.3 Å². The summed E-state index contributed by atoms with van der Waals surface area (Å²) in [6.45, 7) is 1.37. The zero-order valence-electron chi connectivity index (χ0n) is 18.0. The van der Waals surface area contributed by atoms with Crippen LogP contribution >= 0.6 is 11.6 Å². The molecule has 0 unspecified atom stereocenters. The van der Waals surface area contributed by atoms with Gasteiger partial charge in [0.15, 0.2) is 5.96 Å². The Bertz CT molecular complexity index is 1090. The van der Waals surface area contributed by atoms with Crippen LogP contribution in [0.2, 0.25) is 5.02 Å². The lowest BCUT2D eigenvalue weighted by atomic mass is 10.1. The number of aryl methyl sites for hydroxylation is 2. The van der Waals surface area contributed by atoms with Crippen LogP contribution in [-0.2, 0) is 20.0 Å². The second-order valence-corrected chi connectivity index (χ2v) is 7.70. The first-order valence-corrected chi connectivity index (χ1v) is 10.4. The molecule has 8 nitrogen and oxygen atoms in total. The number of hydrogen-bond acceptors (Lipinski definition) is 4. The molecule has 0 aliphatic heterocycles. The molecule has 3 aromatic rings. The molecule has 2 aromatic heterocycles. The minimum atomic E-state index is 0.369. The fraction of sp³-hybridized carbons (Fsp3) is 0.318. The zero-order valence-corrected chi connectivity index (χ0v) is 18.8. The molecule has 0 spiro atoms. The van der Waals surface area contributed by atoms with Crippen LogP contribution < -0.4 is 11.1 Å². The predicted octanol–water partition coefficient (Wildman–Crippen LogP) is 2.96. The van der Waals surface area contributed by atoms with E-state index in [1.165, 1.54) is 0 Å². The quantitative estimate of drug-likeness (QED) is 0.335. The van der Waals surface area contributed by atoms with Gasteiger partial charge in [0.05, 0.1) is 22.9 Å². The van der Waals surface area contributed by atoms with Crippen LogP contribution in [-0.4, -0.2) is 45.8 Å². The van der Waals surface area contributed by atoms with Crippen molar-refractivity contribution >= 4 is 23.4 Å². The molecule has 0 aliphatic rings. The second-order valence-electron chi connectivity index (χ2n) is 7.26. The number of nitrogens with zero attached hydrogens (tertiary/aromatic N) is 6. The molecule has 0 saturated carbocycles. The van der Waals surface area contributed by atoms with Gasteiger partial charge < -0.3 is 20.5 Å². The third-order valence-corrected chi connectivity index (χ3v) is 5.23. The van der Waals surface area contributed by atoms with E-state index in [0.717, 1.165) is 28.8 Å². The lowest BCUT2D eigenvalue weighted by molar-refractivity contribution is 0.461. The number of nitrogens with one attached hydrogen (secondary N) is 1. The van der Waals surface area contributed by atoms with Gasteiger partial charge in [0.25, 0.3) is 0 Å². The number of rotatable bonds is 7. The van der Waals surface area contributed by atoms with Gasteiger partial charge in [0.1, 0.15) is 17.5 Å². The van der Waals surface area contributed by atoms with Crippen LogP contribution in [0.15, 0.2) is 47.6 Å². The highest BCUT2D eigenvalue weighted by atomic mass is 35.5. The summed E-state index contributed by atoms with van der Waals surface area (Å²) >= 11 is 6.08. The second kappa shape index (κ2) is 10.0. The van der Waals surface area contributed by atoms with Crippen molar-refractivity contribution in [3.8, 4) is 11.8 Å². The Morgan fingerprint density at radius 3 is 2.71 bits per heavy atom. The van der Waals surface area contributed by atoms with Gasteiger partial charge in [-0.2, -0.15) is 10.4 Å². The largest absolute Gasteiger partial charge is 0.382 e. The molecule has 0 fully saturated rings. The molecule has 162 valence electrons. The van der Waals surface area contributed by atoms with E-state index in [0.29, 0.717) is 36.6 Å². The summed E-state index contributed by atoms with van der Waals surface area (Å²) in [5, 5.41) is 18.2. The van der Waals surface area contributed by atoms with E-state index in [2.05, 4.69) is 21.5 Å². The summed E-state index contributed by atoms with van der Waals surface area (Å²) in [6, 6.07) is 13.7. The number of guanidine groups is 1. The van der Waals surface area contributed by atoms with Crippen LogP contribution in [0.25, 0.3) is 5.69 Å². The van der Waals surface area contributed by atoms with Crippen molar-refractivity contribution in [2.75, 3.05) is 26.4 Å². The van der Waals surface area contributed by atoms with E-state index in [1.54, 1.807) is 11.7 Å². The van der Waals surface area contributed by atoms with E-state index in [-0.39, 0.29) is 0 Å². The lowest BCUT2D eigenvalue weighted by Gasteiger charge is -2.22. The Hall–Kier alpha value is -3.44. The van der Waals surface area contributed by atoms with Crippen molar-refractivity contribution in [2.24, 2.45) is 12.0 Å². The minimum absolute atomic E-state index is 0.369. The Balaban J connectivity index is 1.58. The number of nitrogens with two attached hydrogens (primary N) is 1. The first-order valence-electron chi connectivity index (χ1n) is 10.00. The van der Waals surface area contributed by atoms with Crippen molar-refractivity contribution in [1.29, 1.82) is 5.26 Å². The highest BCUT2D eigenvalue weighted by molar-refractivity contribution is 6.30. The Morgan fingerprint density at radius 1 is 1.35 bits per heavy atom. The number of aromatic nitrogens is 3. The summed E-state index contributed by atoms with van der Waals surface area (Å²) in [7, 11) is 5.71. The molecule has 0 bridgehead atoms. The Morgan fingerprint density at radius 2 is 2.10 bits per heavy atom. The molecule has 0 aliphatic carbocycles. The Labute approximate surface area is 187 Å². The van der Waals surface area contributed by atoms with Gasteiger partial charge >= 0.3 is 0 Å². The van der Waals surface area contributed by atoms with Gasteiger partial charge in [-0.3, -0.25) is 4.99 Å². The highest BCUT2D eigenvalue weighted by Crippen LogP contribution is 2.21. The molecule has 31 heavy (non-hydrogen) atoms. The fourth-order valence-corrected chi connectivity index (χ4v) is 3.70. The number of benzene rings is 1. The average Bonchev–Trinajstić information content (AvgIpc) is 3.25. The molecular weight excluding hydrogens is 412 g/mol. The summed E-state index contributed by atoms with van der Waals surface area (Å²) in [6.07, 6.45) is 3.30. The first-order chi connectivity index (χ1) is 14.9. The highest BCUT2D eigenvalue weighted by Gasteiger charge is 2.16. The number of para-hydroxylation sites is 1. The normalized spacial score (nSPS) is 11.4. The van der Waals surface area contributed by atoms with Crippen LogP contribution in [0.4, 0.5) is 5.82 Å². The third-order valence-electron chi connectivity index (χ3n) is 5.03. The van der Waals surface area contributed by atoms with Crippen molar-refractivity contribution in [3.63, 3.8) is 0 Å². The van der Waals surface area contributed by atoms with Crippen molar-refractivity contribution in [2.45, 2.75) is 19.4 Å². The maximum absolute atomic E-state index is 9.54. The average molecular weight is 439 g/mol. The zero-order chi connectivity index (χ0) is 22.4. The minimum Gasteiger partial charge on any atom is -0.382 e. The molecule has 9 heteroatoms. The number of nitriles is 1. The van der Waals surface area contributed by atoms with E-state index in [9.17, 15) is 5.26 Å². The molecule has 2 heterocycles. The summed E-state index contributed by atoms with van der Waals surface area (Å²) in [5.41, 5.74) is 9.24. The van der Waals surface area contributed by atoms with Gasteiger partial charge in [-0.1, -0.05) is 29.8 Å². The van der Waals surface area contributed by atoms with Crippen LogP contribution in [0.5, 0.6) is 0 Å². The van der Waals surface area contributed by atoms with Gasteiger partial charge in [-0.05, 0) is 31.0 Å². The molecule has 0 radical (unpaired) electrons. The summed E-state index contributed by atoms with van der Waals surface area (Å²) in [4.78, 5) is 6.39. The summed E-state index contributed by atoms with van der Waals surface area (Å²) in [5.74, 6) is 1.15. The van der Waals surface area contributed by atoms with Gasteiger partial charge in [0.2, 0.25) is 0 Å². The van der Waals surface area contributed by atoms with Gasteiger partial charge in [-0.25, -0.2) is 4.68 Å². The number of hydrogen-bond donors (Lipinski definition) is 2. The Kier molecular flexibility index (Phi) is 7.21. The molecule has 3 N–H and O–H groups in total. The molecule has 1 aromatic carbocycles. The van der Waals surface area contributed by atoms with Gasteiger partial charge in [0, 0.05) is 39.6 Å². The molecule has 0 amide bonds. The fourth-order valence-electron chi connectivity index (χ4n) is 3.42. The predicted molar refractivity (Wildman–Crippen MR) is 124 cm³/mol. The molecule has 0 atom stereocenters. The van der Waals surface area contributed by atoms with Crippen molar-refractivity contribution in [1.82, 2.24) is 24.6 Å². The van der Waals surface area contributed by atoms with Crippen molar-refractivity contribution < 1.29 is 0 Å². The van der Waals surface area contributed by atoms with E-state index < -0.39 is 0 Å². The van der Waals surface area contributed by atoms with E-state index >= 15 is 0 Å². The van der Waals surface area contributed by atoms with E-state index in [4.69, 9.17) is 17.3 Å². The smallest absolute Gasteiger partial charge is 0.193 e. The monoisotopic (exact) mass is 438 g/mol. The van der Waals surface area contributed by atoms with Crippen LogP contribution in [0.3, 0.4) is 0 Å². The lowest BCUT2D eigenvalue weighted by Crippen LogP contribution is -2.39. The third kappa shape index (κ3) is 5.19. The first kappa shape index (κ1) is 22.2. The molecular formula is C22H27ClN8.